The lowest BCUT2D eigenvalue weighted by Crippen LogP contribution is -2.26. The maximum absolute atomic E-state index is 12.4. The number of hydrogen-bond acceptors (Lipinski definition) is 5. The zero-order chi connectivity index (χ0) is 18.1. The van der Waals surface area contributed by atoms with Crippen LogP contribution in [0.3, 0.4) is 0 Å². The summed E-state index contributed by atoms with van der Waals surface area (Å²) in [6.07, 6.45) is 0. The van der Waals surface area contributed by atoms with Crippen LogP contribution in [0.2, 0.25) is 5.02 Å². The van der Waals surface area contributed by atoms with E-state index in [9.17, 15) is 4.79 Å². The van der Waals surface area contributed by atoms with Gasteiger partial charge in [0.2, 0.25) is 11.5 Å². The molecule has 0 amide bonds. The van der Waals surface area contributed by atoms with E-state index >= 15 is 0 Å². The fourth-order valence-electron chi connectivity index (χ4n) is 2.27. The quantitative estimate of drug-likeness (QED) is 0.600. The van der Waals surface area contributed by atoms with Gasteiger partial charge >= 0.3 is 5.97 Å². The first-order chi connectivity index (χ1) is 11.2. The Kier molecular flexibility index (Phi) is 5.13. The Morgan fingerprint density at radius 3 is 1.92 bits per heavy atom. The third-order valence-corrected chi connectivity index (χ3v) is 3.74. The van der Waals surface area contributed by atoms with Crippen molar-refractivity contribution in [1.29, 1.82) is 0 Å². The van der Waals surface area contributed by atoms with Crippen LogP contribution in [0.1, 0.15) is 20.8 Å². The SMILES string of the molecule is COc1c(OC)c(OC(=O)C(C)(C)C)c2ccc(Cl)cc2c1OC. The number of esters is 1. The minimum absolute atomic E-state index is 0.279. The largest absolute Gasteiger partial charge is 0.492 e. The number of carbonyl (C=O) groups excluding carboxylic acids is 1. The Hall–Kier alpha value is -2.14. The molecule has 0 aliphatic carbocycles. The molecule has 0 bridgehead atoms. The van der Waals surface area contributed by atoms with Crippen LogP contribution in [0.25, 0.3) is 10.8 Å². The molecule has 0 saturated heterocycles. The molecule has 6 heteroatoms. The number of hydrogen-bond donors (Lipinski definition) is 0. The van der Waals surface area contributed by atoms with Crippen LogP contribution in [0, 0.1) is 5.41 Å². The van der Waals surface area contributed by atoms with E-state index in [-0.39, 0.29) is 11.7 Å². The van der Waals surface area contributed by atoms with Crippen molar-refractivity contribution < 1.29 is 23.7 Å². The second-order valence-corrected chi connectivity index (χ2v) is 6.69. The Morgan fingerprint density at radius 2 is 1.42 bits per heavy atom. The molecule has 0 saturated carbocycles. The minimum Gasteiger partial charge on any atom is -0.492 e. The van der Waals surface area contributed by atoms with E-state index in [2.05, 4.69) is 0 Å². The first-order valence-electron chi connectivity index (χ1n) is 7.38. The maximum Gasteiger partial charge on any atom is 0.316 e. The molecule has 0 aliphatic heterocycles. The predicted octanol–water partition coefficient (Wildman–Crippen LogP) is 4.47. The van der Waals surface area contributed by atoms with Gasteiger partial charge in [0.1, 0.15) is 0 Å². The molecule has 2 aromatic carbocycles. The van der Waals surface area contributed by atoms with Crippen molar-refractivity contribution in [2.75, 3.05) is 21.3 Å². The van der Waals surface area contributed by atoms with Gasteiger partial charge in [-0.3, -0.25) is 4.79 Å². The molecule has 24 heavy (non-hydrogen) atoms. The van der Waals surface area contributed by atoms with Gasteiger partial charge in [-0.25, -0.2) is 0 Å². The summed E-state index contributed by atoms with van der Waals surface area (Å²) < 4.78 is 22.0. The smallest absolute Gasteiger partial charge is 0.316 e. The summed E-state index contributed by atoms with van der Waals surface area (Å²) in [5.74, 6) is 0.988. The van der Waals surface area contributed by atoms with Crippen LogP contribution in [0.5, 0.6) is 23.0 Å². The Bertz CT molecular complexity index is 777. The number of benzene rings is 2. The average molecular weight is 353 g/mol. The van der Waals surface area contributed by atoms with Gasteiger partial charge in [0, 0.05) is 15.8 Å². The summed E-state index contributed by atoms with van der Waals surface area (Å²) in [5, 5.41) is 1.84. The Balaban J connectivity index is 2.83. The lowest BCUT2D eigenvalue weighted by Gasteiger charge is -2.22. The summed E-state index contributed by atoms with van der Waals surface area (Å²) in [6, 6.07) is 5.20. The number of carbonyl (C=O) groups is 1. The van der Waals surface area contributed by atoms with Gasteiger partial charge in [0.15, 0.2) is 11.5 Å². The van der Waals surface area contributed by atoms with Gasteiger partial charge in [-0.05, 0) is 39.0 Å². The van der Waals surface area contributed by atoms with Crippen molar-refractivity contribution in [2.45, 2.75) is 20.8 Å². The van der Waals surface area contributed by atoms with Gasteiger partial charge < -0.3 is 18.9 Å². The van der Waals surface area contributed by atoms with E-state index in [1.165, 1.54) is 21.3 Å². The van der Waals surface area contributed by atoms with E-state index < -0.39 is 5.41 Å². The van der Waals surface area contributed by atoms with Gasteiger partial charge in [-0.15, -0.1) is 0 Å². The highest BCUT2D eigenvalue weighted by atomic mass is 35.5. The second kappa shape index (κ2) is 6.77. The molecule has 130 valence electrons. The van der Waals surface area contributed by atoms with Gasteiger partial charge in [0.25, 0.3) is 0 Å². The summed E-state index contributed by atoms with van der Waals surface area (Å²) in [6.45, 7) is 5.34. The van der Waals surface area contributed by atoms with Crippen molar-refractivity contribution in [3.63, 3.8) is 0 Å². The Morgan fingerprint density at radius 1 is 0.875 bits per heavy atom. The molecular formula is C18H21ClO5. The van der Waals surface area contributed by atoms with Gasteiger partial charge in [-0.1, -0.05) is 11.6 Å². The van der Waals surface area contributed by atoms with E-state index in [0.717, 1.165) is 0 Å². The first-order valence-corrected chi connectivity index (χ1v) is 7.75. The molecule has 0 aliphatic rings. The number of fused-ring (bicyclic) bond motifs is 1. The molecule has 2 aromatic rings. The van der Waals surface area contributed by atoms with Crippen LogP contribution in [0.15, 0.2) is 18.2 Å². The topological polar surface area (TPSA) is 54.0 Å². The zero-order valence-electron chi connectivity index (χ0n) is 14.7. The molecule has 0 atom stereocenters. The zero-order valence-corrected chi connectivity index (χ0v) is 15.4. The van der Waals surface area contributed by atoms with Crippen molar-refractivity contribution in [3.05, 3.63) is 23.2 Å². The molecule has 5 nitrogen and oxygen atoms in total. The third kappa shape index (κ3) is 3.22. The van der Waals surface area contributed by atoms with Crippen LogP contribution >= 0.6 is 11.6 Å². The number of ether oxygens (including phenoxy) is 4. The third-order valence-electron chi connectivity index (χ3n) is 3.51. The highest BCUT2D eigenvalue weighted by molar-refractivity contribution is 6.31. The summed E-state index contributed by atoms with van der Waals surface area (Å²) in [5.41, 5.74) is -0.670. The molecule has 0 radical (unpaired) electrons. The van der Waals surface area contributed by atoms with Gasteiger partial charge in [-0.2, -0.15) is 0 Å². The van der Waals surface area contributed by atoms with Crippen LogP contribution in [0.4, 0.5) is 0 Å². The monoisotopic (exact) mass is 352 g/mol. The molecule has 0 heterocycles. The number of rotatable bonds is 4. The molecule has 0 N–H and O–H groups in total. The van der Waals surface area contributed by atoms with E-state index in [1.807, 2.05) is 0 Å². The predicted molar refractivity (Wildman–Crippen MR) is 93.7 cm³/mol. The summed E-state index contributed by atoms with van der Waals surface area (Å²) >= 11 is 6.11. The van der Waals surface area contributed by atoms with E-state index in [0.29, 0.717) is 33.0 Å². The molecule has 0 fully saturated rings. The van der Waals surface area contributed by atoms with E-state index in [4.69, 9.17) is 30.5 Å². The number of methoxy groups -OCH3 is 3. The minimum atomic E-state index is -0.670. The first kappa shape index (κ1) is 18.2. The summed E-state index contributed by atoms with van der Waals surface area (Å²) in [7, 11) is 4.50. The van der Waals surface area contributed by atoms with Crippen LogP contribution < -0.4 is 18.9 Å². The highest BCUT2D eigenvalue weighted by Crippen LogP contribution is 2.51. The molecule has 0 spiro atoms. The molecule has 0 unspecified atom stereocenters. The Labute approximate surface area is 146 Å². The normalized spacial score (nSPS) is 11.3. The maximum atomic E-state index is 12.4. The standard InChI is InChI=1S/C18H21ClO5/c1-18(2,3)17(20)24-14-11-8-7-10(19)9-12(11)13(21-4)15(22-5)16(14)23-6/h7-9H,1-6H3. The van der Waals surface area contributed by atoms with Crippen molar-refractivity contribution in [2.24, 2.45) is 5.41 Å². The number of halogens is 1. The second-order valence-electron chi connectivity index (χ2n) is 6.26. The molecule has 0 aromatic heterocycles. The summed E-state index contributed by atoms with van der Waals surface area (Å²) in [4.78, 5) is 12.4. The highest BCUT2D eigenvalue weighted by Gasteiger charge is 2.29. The fourth-order valence-corrected chi connectivity index (χ4v) is 2.45. The van der Waals surface area contributed by atoms with Crippen molar-refractivity contribution in [3.8, 4) is 23.0 Å². The van der Waals surface area contributed by atoms with Gasteiger partial charge in [0.05, 0.1) is 26.7 Å². The van der Waals surface area contributed by atoms with Crippen LogP contribution in [-0.4, -0.2) is 27.3 Å². The fraction of sp³-hybridized carbons (Fsp3) is 0.389. The lowest BCUT2D eigenvalue weighted by molar-refractivity contribution is -0.143. The van der Waals surface area contributed by atoms with E-state index in [1.54, 1.807) is 39.0 Å². The molecular weight excluding hydrogens is 332 g/mol. The van der Waals surface area contributed by atoms with Crippen molar-refractivity contribution in [1.82, 2.24) is 0 Å². The van der Waals surface area contributed by atoms with Crippen molar-refractivity contribution >= 4 is 28.3 Å². The van der Waals surface area contributed by atoms with Crippen LogP contribution in [-0.2, 0) is 4.79 Å². The lowest BCUT2D eigenvalue weighted by atomic mass is 9.97. The molecule has 2 rings (SSSR count). The average Bonchev–Trinajstić information content (AvgIpc) is 2.52.